The molecule has 2 N–H and O–H groups in total. The Morgan fingerprint density at radius 2 is 2.08 bits per heavy atom. The van der Waals surface area contributed by atoms with Crippen LogP contribution in [0.3, 0.4) is 0 Å². The number of carbonyl (C=O) groups is 1. The number of halogens is 1. The van der Waals surface area contributed by atoms with Crippen LogP contribution in [0.15, 0.2) is 28.1 Å². The highest BCUT2D eigenvalue weighted by Gasteiger charge is 2.16. The van der Waals surface area contributed by atoms with Gasteiger partial charge in [0.15, 0.2) is 16.6 Å². The highest BCUT2D eigenvalue weighted by atomic mass is 79.9. The highest BCUT2D eigenvalue weighted by molar-refractivity contribution is 9.10. The fourth-order valence-corrected chi connectivity index (χ4v) is 4.45. The maximum Gasteiger partial charge on any atom is 0.257 e. The van der Waals surface area contributed by atoms with Gasteiger partial charge < -0.3 is 9.84 Å². The number of thiazole rings is 1. The van der Waals surface area contributed by atoms with Crippen LogP contribution in [0.1, 0.15) is 20.1 Å². The van der Waals surface area contributed by atoms with Crippen molar-refractivity contribution in [3.63, 3.8) is 0 Å². The summed E-state index contributed by atoms with van der Waals surface area (Å²) in [4.78, 5) is 19.4. The minimum Gasteiger partial charge on any atom is -0.503 e. The van der Waals surface area contributed by atoms with Gasteiger partial charge in [0.2, 0.25) is 0 Å². The molecule has 0 saturated carbocycles. The number of anilines is 1. The normalized spacial score (nSPS) is 10.7. The Kier molecular flexibility index (Phi) is 5.12. The highest BCUT2D eigenvalue weighted by Crippen LogP contribution is 2.36. The summed E-state index contributed by atoms with van der Waals surface area (Å²) in [7, 11) is 1.43. The Labute approximate surface area is 161 Å². The van der Waals surface area contributed by atoms with Crippen LogP contribution < -0.4 is 10.1 Å². The molecule has 0 saturated heterocycles. The average molecular weight is 439 g/mol. The molecule has 3 aromatic rings. The second-order valence-corrected chi connectivity index (χ2v) is 8.50. The molecule has 130 valence electrons. The standard InChI is InChI=1S/C17H15BrN2O3S2/c1-8-4-11(9(2)25-8)13-7-24-17(19-13)20-16(22)10-5-12(18)15(21)14(6-10)23-3/h4-7,21H,1-3H3,(H,19,20,22). The summed E-state index contributed by atoms with van der Waals surface area (Å²) >= 11 is 6.31. The van der Waals surface area contributed by atoms with Crippen LogP contribution in [0.25, 0.3) is 11.3 Å². The molecule has 0 aliphatic heterocycles. The van der Waals surface area contributed by atoms with E-state index in [1.165, 1.54) is 40.3 Å². The number of aryl methyl sites for hydroxylation is 2. The summed E-state index contributed by atoms with van der Waals surface area (Å²) in [6.07, 6.45) is 0. The summed E-state index contributed by atoms with van der Waals surface area (Å²) in [5.41, 5.74) is 2.31. The SMILES string of the molecule is COc1cc(C(=O)Nc2nc(-c3cc(C)sc3C)cs2)cc(Br)c1O. The van der Waals surface area contributed by atoms with Gasteiger partial charge in [-0.15, -0.1) is 22.7 Å². The predicted octanol–water partition coefficient (Wildman–Crippen LogP) is 5.22. The molecule has 0 atom stereocenters. The molecule has 2 heterocycles. The molecule has 0 radical (unpaired) electrons. The number of nitrogens with zero attached hydrogens (tertiary/aromatic N) is 1. The first-order valence-corrected chi connectivity index (χ1v) is 9.78. The Bertz CT molecular complexity index is 950. The van der Waals surface area contributed by atoms with E-state index in [-0.39, 0.29) is 17.4 Å². The number of benzene rings is 1. The van der Waals surface area contributed by atoms with Crippen LogP contribution in [0.2, 0.25) is 0 Å². The quantitative estimate of drug-likeness (QED) is 0.585. The Hall–Kier alpha value is -1.90. The molecule has 0 unspecified atom stereocenters. The number of aromatic nitrogens is 1. The summed E-state index contributed by atoms with van der Waals surface area (Å²) < 4.78 is 5.46. The van der Waals surface area contributed by atoms with Crippen LogP contribution in [0, 0.1) is 13.8 Å². The van der Waals surface area contributed by atoms with E-state index in [0.29, 0.717) is 15.2 Å². The first kappa shape index (κ1) is 17.9. The average Bonchev–Trinajstić information content (AvgIpc) is 3.15. The molecule has 0 aliphatic rings. The van der Waals surface area contributed by atoms with Gasteiger partial charge in [0, 0.05) is 26.3 Å². The smallest absolute Gasteiger partial charge is 0.257 e. The van der Waals surface area contributed by atoms with Crippen LogP contribution in [-0.2, 0) is 0 Å². The number of carbonyl (C=O) groups excluding carboxylic acids is 1. The first-order chi connectivity index (χ1) is 11.9. The molecule has 3 rings (SSSR count). The molecule has 2 aromatic heterocycles. The van der Waals surface area contributed by atoms with Crippen molar-refractivity contribution in [2.75, 3.05) is 12.4 Å². The van der Waals surface area contributed by atoms with Crippen molar-refractivity contribution in [1.29, 1.82) is 0 Å². The van der Waals surface area contributed by atoms with E-state index in [1.807, 2.05) is 5.38 Å². The van der Waals surface area contributed by atoms with Gasteiger partial charge in [0.1, 0.15) is 0 Å². The third kappa shape index (κ3) is 3.70. The molecule has 0 fully saturated rings. The number of aromatic hydroxyl groups is 1. The lowest BCUT2D eigenvalue weighted by Gasteiger charge is -2.08. The lowest BCUT2D eigenvalue weighted by atomic mass is 10.2. The molecule has 1 amide bonds. The second-order valence-electron chi connectivity index (χ2n) is 5.33. The van der Waals surface area contributed by atoms with E-state index < -0.39 is 0 Å². The Morgan fingerprint density at radius 1 is 1.32 bits per heavy atom. The lowest BCUT2D eigenvalue weighted by molar-refractivity contribution is 0.102. The number of thiophene rings is 1. The molecule has 0 aliphatic carbocycles. The van der Waals surface area contributed by atoms with Crippen molar-refractivity contribution in [2.24, 2.45) is 0 Å². The molecule has 8 heteroatoms. The van der Waals surface area contributed by atoms with Crippen molar-refractivity contribution in [2.45, 2.75) is 13.8 Å². The van der Waals surface area contributed by atoms with E-state index in [4.69, 9.17) is 4.74 Å². The molecule has 0 bridgehead atoms. The van der Waals surface area contributed by atoms with E-state index in [0.717, 1.165) is 11.3 Å². The van der Waals surface area contributed by atoms with Gasteiger partial charge in [-0.3, -0.25) is 10.1 Å². The maximum absolute atomic E-state index is 12.5. The zero-order chi connectivity index (χ0) is 18.1. The van der Waals surface area contributed by atoms with Crippen LogP contribution in [0.5, 0.6) is 11.5 Å². The van der Waals surface area contributed by atoms with Gasteiger partial charge in [-0.25, -0.2) is 4.98 Å². The summed E-state index contributed by atoms with van der Waals surface area (Å²) in [5, 5.41) is 15.1. The minimum atomic E-state index is -0.321. The summed E-state index contributed by atoms with van der Waals surface area (Å²) in [6.45, 7) is 4.12. The zero-order valence-corrected chi connectivity index (χ0v) is 16.9. The Balaban J connectivity index is 1.83. The van der Waals surface area contributed by atoms with Crippen molar-refractivity contribution in [3.8, 4) is 22.8 Å². The third-order valence-corrected chi connectivity index (χ3v) is 5.88. The zero-order valence-electron chi connectivity index (χ0n) is 13.7. The van der Waals surface area contributed by atoms with E-state index >= 15 is 0 Å². The van der Waals surface area contributed by atoms with Crippen molar-refractivity contribution in [1.82, 2.24) is 4.98 Å². The molecular formula is C17H15BrN2O3S2. The molecular weight excluding hydrogens is 424 g/mol. The number of amides is 1. The number of hydrogen-bond acceptors (Lipinski definition) is 6. The Morgan fingerprint density at radius 3 is 2.72 bits per heavy atom. The maximum atomic E-state index is 12.5. The monoisotopic (exact) mass is 438 g/mol. The van der Waals surface area contributed by atoms with Crippen LogP contribution in [0.4, 0.5) is 5.13 Å². The number of nitrogens with one attached hydrogen (secondary N) is 1. The second kappa shape index (κ2) is 7.15. The van der Waals surface area contributed by atoms with Gasteiger partial charge in [0.05, 0.1) is 17.3 Å². The third-order valence-electron chi connectivity index (χ3n) is 3.55. The van der Waals surface area contributed by atoms with Crippen LogP contribution in [-0.4, -0.2) is 23.1 Å². The van der Waals surface area contributed by atoms with Gasteiger partial charge >= 0.3 is 0 Å². The number of phenolic OH excluding ortho intramolecular Hbond substituents is 1. The molecule has 25 heavy (non-hydrogen) atoms. The number of hydrogen-bond donors (Lipinski definition) is 2. The van der Waals surface area contributed by atoms with Gasteiger partial charge in [-0.1, -0.05) is 0 Å². The van der Waals surface area contributed by atoms with E-state index in [9.17, 15) is 9.90 Å². The summed E-state index contributed by atoms with van der Waals surface area (Å²) in [6, 6.07) is 5.12. The summed E-state index contributed by atoms with van der Waals surface area (Å²) in [5.74, 6) is -0.138. The lowest BCUT2D eigenvalue weighted by Crippen LogP contribution is -2.12. The predicted molar refractivity (Wildman–Crippen MR) is 105 cm³/mol. The van der Waals surface area contributed by atoms with Crippen molar-refractivity contribution in [3.05, 3.63) is 43.4 Å². The minimum absolute atomic E-state index is 0.0427. The fourth-order valence-electron chi connectivity index (χ4n) is 2.37. The van der Waals surface area contributed by atoms with Gasteiger partial charge in [0.25, 0.3) is 5.91 Å². The van der Waals surface area contributed by atoms with E-state index in [1.54, 1.807) is 11.3 Å². The fraction of sp³-hybridized carbons (Fsp3) is 0.176. The van der Waals surface area contributed by atoms with Crippen LogP contribution >= 0.6 is 38.6 Å². The van der Waals surface area contributed by atoms with Gasteiger partial charge in [-0.2, -0.15) is 0 Å². The molecule has 1 aromatic carbocycles. The molecule has 5 nitrogen and oxygen atoms in total. The number of rotatable bonds is 4. The topological polar surface area (TPSA) is 71.5 Å². The number of methoxy groups -OCH3 is 1. The molecule has 0 spiro atoms. The largest absolute Gasteiger partial charge is 0.503 e. The van der Waals surface area contributed by atoms with Crippen molar-refractivity contribution >= 4 is 49.6 Å². The number of ether oxygens (including phenoxy) is 1. The first-order valence-electron chi connectivity index (χ1n) is 7.30. The van der Waals surface area contributed by atoms with Gasteiger partial charge in [-0.05, 0) is 48.0 Å². The van der Waals surface area contributed by atoms with Crippen molar-refractivity contribution < 1.29 is 14.6 Å². The number of phenols is 1. The van der Waals surface area contributed by atoms with E-state index in [2.05, 4.69) is 46.1 Å².